The van der Waals surface area contributed by atoms with E-state index >= 15 is 0 Å². The zero-order chi connectivity index (χ0) is 8.55. The molecule has 12 heavy (non-hydrogen) atoms. The van der Waals surface area contributed by atoms with Crippen LogP contribution in [-0.4, -0.2) is 13.1 Å². The molecule has 4 heteroatoms. The van der Waals surface area contributed by atoms with Gasteiger partial charge in [-0.2, -0.15) is 0 Å². The minimum atomic E-state index is 0.589. The van der Waals surface area contributed by atoms with Crippen molar-refractivity contribution in [3.05, 3.63) is 22.2 Å². The molecule has 1 aromatic carbocycles. The number of fused-ring (bicyclic) bond motifs is 1. The van der Waals surface area contributed by atoms with Gasteiger partial charge in [0.15, 0.2) is 0 Å². The second-order valence-corrected chi connectivity index (χ2v) is 3.48. The van der Waals surface area contributed by atoms with E-state index in [-0.39, 0.29) is 0 Å². The molecule has 1 heterocycles. The van der Waals surface area contributed by atoms with E-state index < -0.39 is 0 Å². The molecule has 0 atom stereocenters. The molecule has 1 aliphatic rings. The molecule has 0 bridgehead atoms. The number of benzene rings is 1. The molecule has 2 N–H and O–H groups in total. The SMILES string of the molecule is Clc1cc2c(cc1Cl)NCCN2. The first-order chi connectivity index (χ1) is 5.77. The van der Waals surface area contributed by atoms with Gasteiger partial charge >= 0.3 is 0 Å². The van der Waals surface area contributed by atoms with Gasteiger partial charge < -0.3 is 10.6 Å². The van der Waals surface area contributed by atoms with Crippen LogP contribution in [0.3, 0.4) is 0 Å². The predicted molar refractivity (Wildman–Crippen MR) is 53.4 cm³/mol. The van der Waals surface area contributed by atoms with Crippen molar-refractivity contribution in [2.24, 2.45) is 0 Å². The number of hydrogen-bond donors (Lipinski definition) is 2. The summed E-state index contributed by atoms with van der Waals surface area (Å²) in [4.78, 5) is 0. The molecule has 2 rings (SSSR count). The van der Waals surface area contributed by atoms with E-state index in [1.807, 2.05) is 12.1 Å². The van der Waals surface area contributed by atoms with Crippen molar-refractivity contribution in [3.63, 3.8) is 0 Å². The first-order valence-electron chi connectivity index (χ1n) is 3.74. The fourth-order valence-electron chi connectivity index (χ4n) is 1.23. The summed E-state index contributed by atoms with van der Waals surface area (Å²) >= 11 is 11.7. The van der Waals surface area contributed by atoms with Gasteiger partial charge in [-0.3, -0.25) is 0 Å². The molecule has 1 aromatic rings. The van der Waals surface area contributed by atoms with Crippen LogP contribution in [0.2, 0.25) is 10.0 Å². The van der Waals surface area contributed by atoms with Crippen LogP contribution in [0.4, 0.5) is 11.4 Å². The second kappa shape index (κ2) is 3.04. The van der Waals surface area contributed by atoms with Crippen LogP contribution < -0.4 is 10.6 Å². The number of halogens is 2. The summed E-state index contributed by atoms with van der Waals surface area (Å²) in [6, 6.07) is 3.68. The maximum absolute atomic E-state index is 5.85. The van der Waals surface area contributed by atoms with Crippen LogP contribution in [0.1, 0.15) is 0 Å². The van der Waals surface area contributed by atoms with E-state index in [2.05, 4.69) is 10.6 Å². The van der Waals surface area contributed by atoms with Gasteiger partial charge in [0.1, 0.15) is 0 Å². The third kappa shape index (κ3) is 1.32. The van der Waals surface area contributed by atoms with E-state index in [1.165, 1.54) is 0 Å². The highest BCUT2D eigenvalue weighted by Gasteiger charge is 2.09. The molecule has 2 nitrogen and oxygen atoms in total. The van der Waals surface area contributed by atoms with Crippen LogP contribution in [0.25, 0.3) is 0 Å². The summed E-state index contributed by atoms with van der Waals surface area (Å²) in [6.45, 7) is 1.84. The Morgan fingerprint density at radius 1 is 0.917 bits per heavy atom. The fourth-order valence-corrected chi connectivity index (χ4v) is 1.56. The fraction of sp³-hybridized carbons (Fsp3) is 0.250. The first-order valence-corrected chi connectivity index (χ1v) is 4.50. The lowest BCUT2D eigenvalue weighted by molar-refractivity contribution is 1.05. The van der Waals surface area contributed by atoms with Gasteiger partial charge in [0, 0.05) is 13.1 Å². The second-order valence-electron chi connectivity index (χ2n) is 2.67. The van der Waals surface area contributed by atoms with Crippen molar-refractivity contribution >= 4 is 34.6 Å². The van der Waals surface area contributed by atoms with Crippen molar-refractivity contribution < 1.29 is 0 Å². The van der Waals surface area contributed by atoms with Crippen molar-refractivity contribution in [1.29, 1.82) is 0 Å². The van der Waals surface area contributed by atoms with E-state index in [9.17, 15) is 0 Å². The molecule has 0 aromatic heterocycles. The third-order valence-corrected chi connectivity index (χ3v) is 2.54. The molecular weight excluding hydrogens is 195 g/mol. The Kier molecular flexibility index (Phi) is 2.03. The maximum atomic E-state index is 5.85. The topological polar surface area (TPSA) is 24.1 Å². The first kappa shape index (κ1) is 8.02. The molecule has 0 saturated heterocycles. The van der Waals surface area contributed by atoms with E-state index in [0.717, 1.165) is 24.5 Å². The van der Waals surface area contributed by atoms with Crippen molar-refractivity contribution in [3.8, 4) is 0 Å². The Labute approximate surface area is 80.9 Å². The lowest BCUT2D eigenvalue weighted by Gasteiger charge is -2.20. The zero-order valence-electron chi connectivity index (χ0n) is 6.32. The van der Waals surface area contributed by atoms with E-state index in [1.54, 1.807) is 0 Å². The molecule has 0 spiro atoms. The predicted octanol–water partition coefficient (Wildman–Crippen LogP) is 2.83. The van der Waals surface area contributed by atoms with Crippen LogP contribution in [-0.2, 0) is 0 Å². The average molecular weight is 203 g/mol. The highest BCUT2D eigenvalue weighted by atomic mass is 35.5. The van der Waals surface area contributed by atoms with E-state index in [0.29, 0.717) is 10.0 Å². The largest absolute Gasteiger partial charge is 0.382 e. The zero-order valence-corrected chi connectivity index (χ0v) is 7.84. The summed E-state index contributed by atoms with van der Waals surface area (Å²) in [5.41, 5.74) is 2.05. The molecule has 0 fully saturated rings. The molecule has 0 amide bonds. The summed E-state index contributed by atoms with van der Waals surface area (Å²) < 4.78 is 0. The lowest BCUT2D eigenvalue weighted by atomic mass is 10.2. The van der Waals surface area contributed by atoms with Gasteiger partial charge in [-0.05, 0) is 12.1 Å². The van der Waals surface area contributed by atoms with Gasteiger partial charge in [-0.25, -0.2) is 0 Å². The van der Waals surface area contributed by atoms with Gasteiger partial charge in [0.05, 0.1) is 21.4 Å². The average Bonchev–Trinajstić information content (AvgIpc) is 2.07. The monoisotopic (exact) mass is 202 g/mol. The molecule has 0 unspecified atom stereocenters. The van der Waals surface area contributed by atoms with Gasteiger partial charge in [-0.1, -0.05) is 23.2 Å². The maximum Gasteiger partial charge on any atom is 0.0614 e. The summed E-state index contributed by atoms with van der Waals surface area (Å²) in [5.74, 6) is 0. The minimum Gasteiger partial charge on any atom is -0.382 e. The number of hydrogen-bond acceptors (Lipinski definition) is 2. The van der Waals surface area contributed by atoms with Crippen molar-refractivity contribution in [1.82, 2.24) is 0 Å². The van der Waals surface area contributed by atoms with Crippen LogP contribution in [0.5, 0.6) is 0 Å². The standard InChI is InChI=1S/C8H8Cl2N2/c9-5-3-7-8(4-6(5)10)12-2-1-11-7/h3-4,11-12H,1-2H2. The quantitative estimate of drug-likeness (QED) is 0.677. The number of anilines is 2. The Balaban J connectivity index is 2.49. The highest BCUT2D eigenvalue weighted by molar-refractivity contribution is 6.42. The third-order valence-electron chi connectivity index (χ3n) is 1.82. The van der Waals surface area contributed by atoms with Crippen molar-refractivity contribution in [2.45, 2.75) is 0 Å². The Hall–Kier alpha value is -0.600. The number of nitrogens with one attached hydrogen (secondary N) is 2. The minimum absolute atomic E-state index is 0.589. The summed E-state index contributed by atoms with van der Waals surface area (Å²) in [5, 5.41) is 7.63. The molecule has 0 aliphatic carbocycles. The molecule has 0 saturated carbocycles. The Morgan fingerprint density at radius 3 is 1.75 bits per heavy atom. The molecule has 64 valence electrons. The van der Waals surface area contributed by atoms with Crippen LogP contribution >= 0.6 is 23.2 Å². The summed E-state index contributed by atoms with van der Waals surface area (Å²) in [6.07, 6.45) is 0. The number of rotatable bonds is 0. The molecule has 0 radical (unpaired) electrons. The van der Waals surface area contributed by atoms with Gasteiger partial charge in [0.2, 0.25) is 0 Å². The normalized spacial score (nSPS) is 14.5. The highest BCUT2D eigenvalue weighted by Crippen LogP contribution is 2.33. The Morgan fingerprint density at radius 2 is 1.33 bits per heavy atom. The van der Waals surface area contributed by atoms with Gasteiger partial charge in [-0.15, -0.1) is 0 Å². The Bertz CT molecular complexity index is 281. The summed E-state index contributed by atoms with van der Waals surface area (Å²) in [7, 11) is 0. The van der Waals surface area contributed by atoms with Crippen LogP contribution in [0.15, 0.2) is 12.1 Å². The van der Waals surface area contributed by atoms with Crippen LogP contribution in [0, 0.1) is 0 Å². The van der Waals surface area contributed by atoms with E-state index in [4.69, 9.17) is 23.2 Å². The molecule has 1 aliphatic heterocycles. The van der Waals surface area contributed by atoms with Crippen molar-refractivity contribution in [2.75, 3.05) is 23.7 Å². The smallest absolute Gasteiger partial charge is 0.0614 e. The lowest BCUT2D eigenvalue weighted by Crippen LogP contribution is -2.20. The van der Waals surface area contributed by atoms with Gasteiger partial charge in [0.25, 0.3) is 0 Å². The molecular formula is C8H8Cl2N2.